The number of nitrogens with zero attached hydrogens (tertiary/aromatic N) is 3. The monoisotopic (exact) mass is 430 g/mol. The highest BCUT2D eigenvalue weighted by atomic mass is 16.5. The van der Waals surface area contributed by atoms with Gasteiger partial charge in [-0.15, -0.1) is 0 Å². The third-order valence-corrected chi connectivity index (χ3v) is 5.10. The van der Waals surface area contributed by atoms with E-state index in [0.29, 0.717) is 17.0 Å². The Morgan fingerprint density at radius 2 is 1.81 bits per heavy atom. The van der Waals surface area contributed by atoms with Crippen molar-refractivity contribution < 1.29 is 9.53 Å². The summed E-state index contributed by atoms with van der Waals surface area (Å²) in [6, 6.07) is 17.7. The Kier molecular flexibility index (Phi) is 5.85. The Morgan fingerprint density at radius 1 is 1.03 bits per heavy atom. The molecule has 0 aliphatic carbocycles. The van der Waals surface area contributed by atoms with E-state index in [2.05, 4.69) is 10.3 Å². The predicted octanol–water partition coefficient (Wildman–Crippen LogP) is 2.56. The molecule has 0 saturated carbocycles. The molecule has 1 N–H and O–H groups in total. The molecule has 32 heavy (non-hydrogen) atoms. The van der Waals surface area contributed by atoms with Crippen molar-refractivity contribution in [2.24, 2.45) is 0 Å². The molecular weight excluding hydrogens is 408 g/mol. The predicted molar refractivity (Wildman–Crippen MR) is 122 cm³/mol. The molecule has 1 amide bonds. The van der Waals surface area contributed by atoms with Crippen LogP contribution in [0.3, 0.4) is 0 Å². The molecule has 4 aromatic rings. The fraction of sp³-hybridized carbons (Fsp3) is 0.167. The van der Waals surface area contributed by atoms with Crippen molar-refractivity contribution in [1.29, 1.82) is 0 Å². The highest BCUT2D eigenvalue weighted by Crippen LogP contribution is 2.17. The first kappa shape index (κ1) is 21.0. The van der Waals surface area contributed by atoms with Crippen LogP contribution in [-0.4, -0.2) is 27.1 Å². The molecule has 0 aliphatic heterocycles. The van der Waals surface area contributed by atoms with Gasteiger partial charge in [-0.2, -0.15) is 0 Å². The van der Waals surface area contributed by atoms with Crippen molar-refractivity contribution in [2.75, 3.05) is 12.4 Å². The maximum Gasteiger partial charge on any atom is 0.332 e. The number of fused-ring (bicyclic) bond motifs is 1. The Morgan fingerprint density at radius 3 is 2.56 bits per heavy atom. The van der Waals surface area contributed by atoms with Gasteiger partial charge in [-0.05, 0) is 36.8 Å². The highest BCUT2D eigenvalue weighted by Gasteiger charge is 2.16. The molecule has 4 rings (SSSR count). The van der Waals surface area contributed by atoms with Crippen LogP contribution in [0, 0.1) is 6.92 Å². The second-order valence-corrected chi connectivity index (χ2v) is 7.40. The summed E-state index contributed by atoms with van der Waals surface area (Å²) in [5.74, 6) is 0.187. The van der Waals surface area contributed by atoms with Crippen LogP contribution in [0.5, 0.6) is 5.75 Å². The zero-order valence-corrected chi connectivity index (χ0v) is 17.7. The van der Waals surface area contributed by atoms with Crippen molar-refractivity contribution in [3.05, 3.63) is 98.8 Å². The summed E-state index contributed by atoms with van der Waals surface area (Å²) in [4.78, 5) is 43.2. The van der Waals surface area contributed by atoms with Gasteiger partial charge in [0.2, 0.25) is 5.91 Å². The van der Waals surface area contributed by atoms with E-state index in [1.54, 1.807) is 36.4 Å². The van der Waals surface area contributed by atoms with Crippen LogP contribution in [0.1, 0.15) is 11.1 Å². The second kappa shape index (κ2) is 8.89. The van der Waals surface area contributed by atoms with Crippen molar-refractivity contribution in [3.63, 3.8) is 0 Å². The number of hydrogen-bond acceptors (Lipinski definition) is 5. The van der Waals surface area contributed by atoms with E-state index in [-0.39, 0.29) is 18.6 Å². The molecule has 0 aliphatic rings. The number of rotatable bonds is 6. The maximum atomic E-state index is 13.3. The zero-order chi connectivity index (χ0) is 22.7. The Hall–Kier alpha value is -4.20. The number of hydrogen-bond donors (Lipinski definition) is 1. The molecule has 0 bridgehead atoms. The number of aromatic nitrogens is 3. The number of carbonyl (C=O) groups excluding carboxylic acids is 1. The van der Waals surface area contributed by atoms with Crippen molar-refractivity contribution >= 4 is 22.6 Å². The minimum Gasteiger partial charge on any atom is -0.497 e. The molecule has 0 fully saturated rings. The van der Waals surface area contributed by atoms with E-state index in [0.717, 1.165) is 15.7 Å². The molecule has 162 valence electrons. The summed E-state index contributed by atoms with van der Waals surface area (Å²) in [7, 11) is 1.54. The van der Waals surface area contributed by atoms with E-state index in [1.165, 1.54) is 17.9 Å². The summed E-state index contributed by atoms with van der Waals surface area (Å²) in [5, 5.41) is 2.76. The number of nitrogens with one attached hydrogen (secondary N) is 1. The lowest BCUT2D eigenvalue weighted by atomic mass is 10.1. The lowest BCUT2D eigenvalue weighted by Crippen LogP contribution is -2.42. The number of pyridine rings is 1. The summed E-state index contributed by atoms with van der Waals surface area (Å²) < 4.78 is 7.55. The Bertz CT molecular complexity index is 1400. The summed E-state index contributed by atoms with van der Waals surface area (Å²) in [6.45, 7) is 1.78. The highest BCUT2D eigenvalue weighted by molar-refractivity contribution is 5.91. The van der Waals surface area contributed by atoms with Gasteiger partial charge in [-0.1, -0.05) is 35.9 Å². The van der Waals surface area contributed by atoms with E-state index in [4.69, 9.17) is 4.74 Å². The summed E-state index contributed by atoms with van der Waals surface area (Å²) in [6.07, 6.45) is 1.49. The lowest BCUT2D eigenvalue weighted by Gasteiger charge is -2.14. The zero-order valence-electron chi connectivity index (χ0n) is 17.7. The van der Waals surface area contributed by atoms with E-state index in [9.17, 15) is 14.4 Å². The van der Waals surface area contributed by atoms with Gasteiger partial charge < -0.3 is 10.1 Å². The van der Waals surface area contributed by atoms with Gasteiger partial charge in [0.15, 0.2) is 5.52 Å². The summed E-state index contributed by atoms with van der Waals surface area (Å²) >= 11 is 0. The third-order valence-electron chi connectivity index (χ3n) is 5.10. The fourth-order valence-corrected chi connectivity index (χ4v) is 3.46. The minimum absolute atomic E-state index is 0.0853. The van der Waals surface area contributed by atoms with Gasteiger partial charge >= 0.3 is 5.69 Å². The number of aryl methyl sites for hydroxylation is 1. The van der Waals surface area contributed by atoms with Crippen molar-refractivity contribution in [3.8, 4) is 5.75 Å². The summed E-state index contributed by atoms with van der Waals surface area (Å²) in [5.41, 5.74) is 1.80. The van der Waals surface area contributed by atoms with E-state index in [1.807, 2.05) is 31.2 Å². The molecule has 0 atom stereocenters. The molecule has 2 heterocycles. The number of anilines is 1. The van der Waals surface area contributed by atoms with Crippen molar-refractivity contribution in [1.82, 2.24) is 14.1 Å². The van der Waals surface area contributed by atoms with Crippen LogP contribution < -0.4 is 21.3 Å². The van der Waals surface area contributed by atoms with Crippen LogP contribution in [0.4, 0.5) is 5.69 Å². The number of amides is 1. The molecule has 8 nitrogen and oxygen atoms in total. The molecule has 2 aromatic heterocycles. The van der Waals surface area contributed by atoms with Gasteiger partial charge in [-0.3, -0.25) is 18.7 Å². The third kappa shape index (κ3) is 4.29. The molecule has 0 unspecified atom stereocenters. The first-order chi connectivity index (χ1) is 15.5. The average Bonchev–Trinajstić information content (AvgIpc) is 2.81. The Labute approximate surface area is 183 Å². The smallest absolute Gasteiger partial charge is 0.332 e. The van der Waals surface area contributed by atoms with Crippen LogP contribution in [0.15, 0.2) is 76.4 Å². The largest absolute Gasteiger partial charge is 0.497 e. The molecule has 0 saturated heterocycles. The molecule has 0 spiro atoms. The van der Waals surface area contributed by atoms with Gasteiger partial charge in [0, 0.05) is 18.0 Å². The number of ether oxygens (including phenoxy) is 1. The first-order valence-electron chi connectivity index (χ1n) is 10.0. The maximum absolute atomic E-state index is 13.3. The quantitative estimate of drug-likeness (QED) is 0.507. The molecule has 0 radical (unpaired) electrons. The van der Waals surface area contributed by atoms with Gasteiger partial charge in [0.1, 0.15) is 12.3 Å². The van der Waals surface area contributed by atoms with Crippen LogP contribution >= 0.6 is 0 Å². The van der Waals surface area contributed by atoms with Crippen LogP contribution in [-0.2, 0) is 17.9 Å². The van der Waals surface area contributed by atoms with E-state index >= 15 is 0 Å². The average molecular weight is 430 g/mol. The Balaban J connectivity index is 1.73. The number of methoxy groups -OCH3 is 1. The second-order valence-electron chi connectivity index (χ2n) is 7.40. The number of carbonyl (C=O) groups is 1. The standard InChI is InChI=1S/C24H22N4O4/c1-16-8-10-17(11-9-16)14-28-23(30)22-20(7-4-12-25-22)27(24(28)31)15-21(29)26-18-5-3-6-19(13-18)32-2/h3-13H,14-15H2,1-2H3,(H,26,29). The van der Waals surface area contributed by atoms with Crippen LogP contribution in [0.2, 0.25) is 0 Å². The number of benzene rings is 2. The van der Waals surface area contributed by atoms with Gasteiger partial charge in [0.25, 0.3) is 5.56 Å². The molecular formula is C24H22N4O4. The topological polar surface area (TPSA) is 95.2 Å². The first-order valence-corrected chi connectivity index (χ1v) is 10.0. The fourth-order valence-electron chi connectivity index (χ4n) is 3.46. The van der Waals surface area contributed by atoms with Gasteiger partial charge in [-0.25, -0.2) is 9.78 Å². The molecule has 2 aromatic carbocycles. The minimum atomic E-state index is -0.572. The molecule has 8 heteroatoms. The van der Waals surface area contributed by atoms with Crippen LogP contribution in [0.25, 0.3) is 11.0 Å². The lowest BCUT2D eigenvalue weighted by molar-refractivity contribution is -0.116. The van der Waals surface area contributed by atoms with Gasteiger partial charge in [0.05, 0.1) is 19.2 Å². The normalized spacial score (nSPS) is 10.8. The SMILES string of the molecule is COc1cccc(NC(=O)Cn2c(=O)n(Cc3ccc(C)cc3)c(=O)c3ncccc32)c1. The van der Waals surface area contributed by atoms with E-state index < -0.39 is 17.2 Å². The van der Waals surface area contributed by atoms with Crippen molar-refractivity contribution in [2.45, 2.75) is 20.0 Å².